The van der Waals surface area contributed by atoms with Crippen molar-refractivity contribution in [1.82, 2.24) is 15.0 Å². The van der Waals surface area contributed by atoms with Crippen LogP contribution < -0.4 is 4.74 Å². The van der Waals surface area contributed by atoms with Crippen LogP contribution in [0.1, 0.15) is 80.3 Å². The summed E-state index contributed by atoms with van der Waals surface area (Å²) >= 11 is 0. The van der Waals surface area contributed by atoms with Gasteiger partial charge in [-0.1, -0.05) is 36.4 Å². The molecule has 0 bridgehead atoms. The molecule has 0 saturated heterocycles. The number of fused-ring (bicyclic) bond motifs is 3. The number of pyridine rings is 3. The first kappa shape index (κ1) is 27.1. The van der Waals surface area contributed by atoms with Gasteiger partial charge in [0.1, 0.15) is 22.8 Å². The summed E-state index contributed by atoms with van der Waals surface area (Å²) in [4.78, 5) is 46.6. The molecule has 0 amide bonds. The predicted octanol–water partition coefficient (Wildman–Crippen LogP) is 6.22. The van der Waals surface area contributed by atoms with Gasteiger partial charge in [-0.2, -0.15) is 0 Å². The Bertz CT molecular complexity index is 1550. The SMILES string of the molecule is Cc1cnc2c(c1)CCCC2=O.O=C1CCCc2c(-c3ccccc3)ccnc21.O=C1CCOc2cccnc21. The molecular weight excluding hydrogens is 502 g/mol. The lowest BCUT2D eigenvalue weighted by molar-refractivity contribution is 0.0924. The number of Topliss-reactive ketones (excluding diaryl/α,β-unsaturated/α-hetero) is 3. The maximum atomic E-state index is 11.8. The fourth-order valence-electron chi connectivity index (χ4n) is 5.14. The van der Waals surface area contributed by atoms with Crippen LogP contribution in [0.15, 0.2) is 73.2 Å². The van der Waals surface area contributed by atoms with Crippen LogP contribution >= 0.6 is 0 Å². The van der Waals surface area contributed by atoms with Gasteiger partial charge in [0.2, 0.25) is 0 Å². The zero-order chi connectivity index (χ0) is 27.9. The third-order valence-corrected chi connectivity index (χ3v) is 7.07. The van der Waals surface area contributed by atoms with E-state index < -0.39 is 0 Å². The number of hydrogen-bond donors (Lipinski definition) is 0. The summed E-state index contributed by atoms with van der Waals surface area (Å²) in [6.07, 6.45) is 10.8. The molecule has 0 fully saturated rings. The zero-order valence-electron chi connectivity index (χ0n) is 22.6. The number of aromatic nitrogens is 3. The summed E-state index contributed by atoms with van der Waals surface area (Å²) in [5.41, 5.74) is 7.57. The van der Waals surface area contributed by atoms with E-state index in [4.69, 9.17) is 4.74 Å². The Morgan fingerprint density at radius 1 is 0.675 bits per heavy atom. The number of nitrogens with zero attached hydrogens (tertiary/aromatic N) is 3. The van der Waals surface area contributed by atoms with Crippen molar-refractivity contribution >= 4 is 17.3 Å². The van der Waals surface area contributed by atoms with Crippen molar-refractivity contribution < 1.29 is 19.1 Å². The number of carbonyl (C=O) groups excluding carboxylic acids is 3. The minimum absolute atomic E-state index is 0.0758. The molecule has 2 aliphatic carbocycles. The van der Waals surface area contributed by atoms with Gasteiger partial charge in [-0.05, 0) is 78.6 Å². The van der Waals surface area contributed by atoms with Crippen LogP contribution in [-0.2, 0) is 12.8 Å². The molecule has 0 spiro atoms. The Labute approximate surface area is 233 Å². The molecule has 7 rings (SSSR count). The van der Waals surface area contributed by atoms with Crippen molar-refractivity contribution in [2.24, 2.45) is 0 Å². The maximum absolute atomic E-state index is 11.8. The van der Waals surface area contributed by atoms with Gasteiger partial charge in [0.05, 0.1) is 6.61 Å². The van der Waals surface area contributed by atoms with Crippen LogP contribution in [0.25, 0.3) is 11.1 Å². The second-order valence-corrected chi connectivity index (χ2v) is 10.00. The Morgan fingerprint density at radius 2 is 1.40 bits per heavy atom. The molecule has 7 heteroatoms. The van der Waals surface area contributed by atoms with Crippen LogP contribution in [0, 0.1) is 6.92 Å². The van der Waals surface area contributed by atoms with Crippen molar-refractivity contribution in [1.29, 1.82) is 0 Å². The fourth-order valence-corrected chi connectivity index (χ4v) is 5.14. The predicted molar refractivity (Wildman–Crippen MR) is 152 cm³/mol. The number of aryl methyl sites for hydroxylation is 2. The molecule has 3 aliphatic rings. The quantitative estimate of drug-likeness (QED) is 0.286. The number of rotatable bonds is 1. The van der Waals surface area contributed by atoms with Crippen molar-refractivity contribution in [3.63, 3.8) is 0 Å². The Morgan fingerprint density at radius 3 is 2.20 bits per heavy atom. The summed E-state index contributed by atoms with van der Waals surface area (Å²) in [6.45, 7) is 2.49. The molecule has 4 heterocycles. The normalized spacial score (nSPS) is 15.2. The molecule has 0 atom stereocenters. The van der Waals surface area contributed by atoms with Crippen LogP contribution in [0.2, 0.25) is 0 Å². The molecular formula is C33H31N3O4. The van der Waals surface area contributed by atoms with Gasteiger partial charge in [0.25, 0.3) is 0 Å². The number of ether oxygens (including phenoxy) is 1. The van der Waals surface area contributed by atoms with E-state index in [1.807, 2.05) is 31.2 Å². The lowest BCUT2D eigenvalue weighted by Gasteiger charge is -2.17. The number of carbonyl (C=O) groups is 3. The van der Waals surface area contributed by atoms with Crippen molar-refractivity contribution in [2.45, 2.75) is 51.9 Å². The molecule has 202 valence electrons. The average molecular weight is 534 g/mol. The summed E-state index contributed by atoms with van der Waals surface area (Å²) in [7, 11) is 0. The minimum Gasteiger partial charge on any atom is -0.491 e. The first-order chi connectivity index (χ1) is 19.5. The van der Waals surface area contributed by atoms with Gasteiger partial charge in [0.15, 0.2) is 17.3 Å². The van der Waals surface area contributed by atoms with Gasteiger partial charge in [0, 0.05) is 37.9 Å². The summed E-state index contributed by atoms with van der Waals surface area (Å²) < 4.78 is 5.21. The Kier molecular flexibility index (Phi) is 8.50. The summed E-state index contributed by atoms with van der Waals surface area (Å²) in [5.74, 6) is 1.08. The topological polar surface area (TPSA) is 99.1 Å². The van der Waals surface area contributed by atoms with Gasteiger partial charge < -0.3 is 4.74 Å². The second kappa shape index (κ2) is 12.6. The molecule has 7 nitrogen and oxygen atoms in total. The first-order valence-corrected chi connectivity index (χ1v) is 13.7. The zero-order valence-corrected chi connectivity index (χ0v) is 22.6. The second-order valence-electron chi connectivity index (χ2n) is 10.00. The first-order valence-electron chi connectivity index (χ1n) is 13.7. The highest BCUT2D eigenvalue weighted by atomic mass is 16.5. The molecule has 1 aliphatic heterocycles. The standard InChI is InChI=1S/C15H13NO.C10H11NO.C8H7NO2/c17-14-8-4-7-13-12(9-10-16-15(13)14)11-5-2-1-3-6-11;1-7-5-8-3-2-4-9(12)10(8)11-6-7;10-6-3-5-11-7-2-1-4-9-8(6)7/h1-3,5-6,9-10H,4,7-8H2;5-6H,2-4H2,1H3;1-2,4H,3,5H2. The van der Waals surface area contributed by atoms with E-state index in [2.05, 4.69) is 33.2 Å². The highest BCUT2D eigenvalue weighted by Crippen LogP contribution is 2.30. The highest BCUT2D eigenvalue weighted by Gasteiger charge is 2.21. The fraction of sp³-hybridized carbons (Fsp3) is 0.273. The Hall–Kier alpha value is -4.52. The van der Waals surface area contributed by atoms with Gasteiger partial charge in [-0.15, -0.1) is 0 Å². The van der Waals surface area contributed by atoms with E-state index >= 15 is 0 Å². The van der Waals surface area contributed by atoms with E-state index in [0.29, 0.717) is 48.7 Å². The molecule has 0 N–H and O–H groups in total. The molecule has 0 radical (unpaired) electrons. The summed E-state index contributed by atoms with van der Waals surface area (Å²) in [5, 5.41) is 0. The molecule has 3 aromatic heterocycles. The molecule has 40 heavy (non-hydrogen) atoms. The average Bonchev–Trinajstić information content (AvgIpc) is 2.99. The van der Waals surface area contributed by atoms with Crippen molar-refractivity contribution in [3.05, 3.63) is 107 Å². The Balaban J connectivity index is 0.000000125. The van der Waals surface area contributed by atoms with Crippen LogP contribution in [0.5, 0.6) is 5.75 Å². The smallest absolute Gasteiger partial charge is 0.188 e. The molecule has 0 saturated carbocycles. The van der Waals surface area contributed by atoms with Crippen molar-refractivity contribution in [2.75, 3.05) is 6.61 Å². The molecule has 4 aromatic rings. The third kappa shape index (κ3) is 6.20. The van der Waals surface area contributed by atoms with E-state index in [1.165, 1.54) is 5.56 Å². The minimum atomic E-state index is 0.0758. The number of benzene rings is 1. The number of ketones is 3. The maximum Gasteiger partial charge on any atom is 0.188 e. The van der Waals surface area contributed by atoms with Gasteiger partial charge in [-0.3, -0.25) is 24.4 Å². The van der Waals surface area contributed by atoms with Crippen LogP contribution in [0.4, 0.5) is 0 Å². The summed E-state index contributed by atoms with van der Waals surface area (Å²) in [6, 6.07) is 17.8. The lowest BCUT2D eigenvalue weighted by Crippen LogP contribution is -2.16. The largest absolute Gasteiger partial charge is 0.491 e. The van der Waals surface area contributed by atoms with Crippen LogP contribution in [-0.4, -0.2) is 38.9 Å². The van der Waals surface area contributed by atoms with Crippen molar-refractivity contribution in [3.8, 4) is 16.9 Å². The molecule has 1 aromatic carbocycles. The van der Waals surface area contributed by atoms with E-state index in [0.717, 1.165) is 47.9 Å². The lowest BCUT2D eigenvalue weighted by atomic mass is 9.89. The van der Waals surface area contributed by atoms with E-state index in [-0.39, 0.29) is 17.3 Å². The van der Waals surface area contributed by atoms with Crippen LogP contribution in [0.3, 0.4) is 0 Å². The monoisotopic (exact) mass is 533 g/mol. The molecule has 0 unspecified atom stereocenters. The third-order valence-electron chi connectivity index (χ3n) is 7.07. The van der Waals surface area contributed by atoms with Gasteiger partial charge >= 0.3 is 0 Å². The van der Waals surface area contributed by atoms with Gasteiger partial charge in [-0.25, -0.2) is 4.98 Å². The van der Waals surface area contributed by atoms with E-state index in [1.54, 1.807) is 30.7 Å². The van der Waals surface area contributed by atoms with E-state index in [9.17, 15) is 14.4 Å². The number of hydrogen-bond acceptors (Lipinski definition) is 7. The highest BCUT2D eigenvalue weighted by molar-refractivity contribution is 5.98.